The molecule has 0 atom stereocenters. The molecule has 17 heavy (non-hydrogen) atoms. The second-order valence-corrected chi connectivity index (χ2v) is 5.37. The first-order valence-corrected chi connectivity index (χ1v) is 6.71. The van der Waals surface area contributed by atoms with E-state index in [-0.39, 0.29) is 5.78 Å². The lowest BCUT2D eigenvalue weighted by molar-refractivity contribution is 0.101. The topological polar surface area (TPSA) is 47.8 Å². The predicted molar refractivity (Wildman–Crippen MR) is 70.2 cm³/mol. The van der Waals surface area contributed by atoms with E-state index in [4.69, 9.17) is 0 Å². The van der Waals surface area contributed by atoms with Crippen molar-refractivity contribution in [2.24, 2.45) is 7.05 Å². The third-order valence-corrected chi connectivity index (χ3v) is 3.72. The molecule has 88 valence electrons. The van der Waals surface area contributed by atoms with Crippen molar-refractivity contribution >= 4 is 33.5 Å². The zero-order valence-electron chi connectivity index (χ0n) is 9.13. The van der Waals surface area contributed by atoms with Crippen molar-refractivity contribution in [3.63, 3.8) is 0 Å². The summed E-state index contributed by atoms with van der Waals surface area (Å²) < 4.78 is 2.52. The summed E-state index contributed by atoms with van der Waals surface area (Å²) >= 11 is 4.88. The molecule has 0 saturated heterocycles. The molecule has 0 saturated carbocycles. The van der Waals surface area contributed by atoms with Crippen molar-refractivity contribution in [2.75, 3.05) is 5.75 Å². The largest absolute Gasteiger partial charge is 0.291 e. The average Bonchev–Trinajstić information content (AvgIpc) is 2.74. The van der Waals surface area contributed by atoms with Crippen LogP contribution in [0.3, 0.4) is 0 Å². The molecule has 1 aromatic carbocycles. The minimum absolute atomic E-state index is 0.0328. The minimum atomic E-state index is 0.0328. The molecule has 0 radical (unpaired) electrons. The van der Waals surface area contributed by atoms with Gasteiger partial charge in [0.1, 0.15) is 5.69 Å². The van der Waals surface area contributed by atoms with Crippen LogP contribution in [0.2, 0.25) is 0 Å². The molecule has 0 unspecified atom stereocenters. The summed E-state index contributed by atoms with van der Waals surface area (Å²) in [5.74, 6) is 0.425. The summed E-state index contributed by atoms with van der Waals surface area (Å²) in [5, 5.41) is 7.42. The Balaban J connectivity index is 1.97. The van der Waals surface area contributed by atoms with Gasteiger partial charge in [0.15, 0.2) is 5.78 Å². The van der Waals surface area contributed by atoms with Gasteiger partial charge in [0.25, 0.3) is 0 Å². The number of carbonyl (C=O) groups is 1. The number of hydrogen-bond acceptors (Lipinski definition) is 4. The number of aryl methyl sites for hydroxylation is 1. The van der Waals surface area contributed by atoms with Gasteiger partial charge >= 0.3 is 0 Å². The monoisotopic (exact) mass is 311 g/mol. The van der Waals surface area contributed by atoms with Crippen LogP contribution in [0.4, 0.5) is 0 Å². The van der Waals surface area contributed by atoms with E-state index in [1.807, 2.05) is 24.3 Å². The number of rotatable bonds is 4. The molecule has 0 aliphatic rings. The first kappa shape index (κ1) is 12.3. The van der Waals surface area contributed by atoms with Gasteiger partial charge in [0.05, 0.1) is 11.9 Å². The minimum Gasteiger partial charge on any atom is -0.291 e. The van der Waals surface area contributed by atoms with Gasteiger partial charge in [0, 0.05) is 16.4 Å². The SMILES string of the molecule is Cn1nncc1C(=O)CSc1ccc(Br)cc1. The molecule has 6 heteroatoms. The van der Waals surface area contributed by atoms with Gasteiger partial charge in [-0.1, -0.05) is 21.1 Å². The lowest BCUT2D eigenvalue weighted by atomic mass is 10.3. The van der Waals surface area contributed by atoms with E-state index in [2.05, 4.69) is 26.2 Å². The van der Waals surface area contributed by atoms with Gasteiger partial charge in [-0.15, -0.1) is 16.9 Å². The van der Waals surface area contributed by atoms with Gasteiger partial charge in [-0.25, -0.2) is 4.68 Å². The van der Waals surface area contributed by atoms with E-state index in [1.165, 1.54) is 22.6 Å². The molecule has 0 fully saturated rings. The van der Waals surface area contributed by atoms with Crippen molar-refractivity contribution in [2.45, 2.75) is 4.90 Å². The molecule has 1 aromatic heterocycles. The number of aromatic nitrogens is 3. The summed E-state index contributed by atoms with van der Waals surface area (Å²) in [5.41, 5.74) is 0.537. The lowest BCUT2D eigenvalue weighted by Gasteiger charge is -2.01. The van der Waals surface area contributed by atoms with Crippen LogP contribution in [-0.4, -0.2) is 26.5 Å². The number of Topliss-reactive ketones (excluding diaryl/α,β-unsaturated/α-hetero) is 1. The van der Waals surface area contributed by atoms with E-state index < -0.39 is 0 Å². The van der Waals surface area contributed by atoms with Crippen LogP contribution in [0.15, 0.2) is 39.8 Å². The highest BCUT2D eigenvalue weighted by Gasteiger charge is 2.11. The molecule has 0 bridgehead atoms. The maximum Gasteiger partial charge on any atom is 0.192 e. The third-order valence-electron chi connectivity index (χ3n) is 2.18. The number of benzene rings is 1. The quantitative estimate of drug-likeness (QED) is 0.643. The Bertz CT molecular complexity index is 524. The smallest absolute Gasteiger partial charge is 0.192 e. The van der Waals surface area contributed by atoms with E-state index in [1.54, 1.807) is 7.05 Å². The third kappa shape index (κ3) is 3.17. The van der Waals surface area contributed by atoms with Crippen LogP contribution in [0.1, 0.15) is 10.5 Å². The Hall–Kier alpha value is -1.14. The van der Waals surface area contributed by atoms with Crippen molar-refractivity contribution < 1.29 is 4.79 Å². The standard InChI is InChI=1S/C11H10BrN3OS/c1-15-10(6-13-14-15)11(16)7-17-9-4-2-8(12)3-5-9/h2-6H,7H2,1H3. The lowest BCUT2D eigenvalue weighted by Crippen LogP contribution is -2.08. The van der Waals surface area contributed by atoms with Gasteiger partial charge in [0.2, 0.25) is 0 Å². The van der Waals surface area contributed by atoms with Crippen molar-refractivity contribution in [1.29, 1.82) is 0 Å². The number of ketones is 1. The second-order valence-electron chi connectivity index (χ2n) is 3.41. The number of thioether (sulfide) groups is 1. The van der Waals surface area contributed by atoms with Crippen molar-refractivity contribution in [3.8, 4) is 0 Å². The van der Waals surface area contributed by atoms with Crippen LogP contribution in [-0.2, 0) is 7.05 Å². The molecule has 0 amide bonds. The highest BCUT2D eigenvalue weighted by atomic mass is 79.9. The van der Waals surface area contributed by atoms with E-state index in [0.29, 0.717) is 11.4 Å². The summed E-state index contributed by atoms with van der Waals surface area (Å²) in [7, 11) is 1.71. The van der Waals surface area contributed by atoms with Crippen LogP contribution in [0, 0.1) is 0 Å². The normalized spacial score (nSPS) is 10.5. The first-order chi connectivity index (χ1) is 8.16. The fourth-order valence-corrected chi connectivity index (χ4v) is 2.33. The van der Waals surface area contributed by atoms with Crippen molar-refractivity contribution in [1.82, 2.24) is 15.0 Å². The summed E-state index contributed by atoms with van der Waals surface area (Å²) in [6.45, 7) is 0. The molecule has 0 N–H and O–H groups in total. The molecule has 0 aliphatic carbocycles. The van der Waals surface area contributed by atoms with E-state index >= 15 is 0 Å². The maximum atomic E-state index is 11.8. The molecule has 1 heterocycles. The van der Waals surface area contributed by atoms with Crippen LogP contribution in [0.5, 0.6) is 0 Å². The van der Waals surface area contributed by atoms with Crippen molar-refractivity contribution in [3.05, 3.63) is 40.6 Å². The molecular formula is C11H10BrN3OS. The highest BCUT2D eigenvalue weighted by Crippen LogP contribution is 2.21. The molecule has 2 rings (SSSR count). The zero-order valence-corrected chi connectivity index (χ0v) is 11.5. The molecule has 2 aromatic rings. The average molecular weight is 312 g/mol. The number of halogens is 1. The van der Waals surface area contributed by atoms with Gasteiger partial charge in [-0.2, -0.15) is 0 Å². The highest BCUT2D eigenvalue weighted by molar-refractivity contribution is 9.10. The fourth-order valence-electron chi connectivity index (χ4n) is 1.30. The van der Waals surface area contributed by atoms with Gasteiger partial charge in [-0.3, -0.25) is 4.79 Å². The first-order valence-electron chi connectivity index (χ1n) is 4.93. The van der Waals surface area contributed by atoms with Gasteiger partial charge < -0.3 is 0 Å². The van der Waals surface area contributed by atoms with E-state index in [9.17, 15) is 4.79 Å². The predicted octanol–water partition coefficient (Wildman–Crippen LogP) is 2.55. The summed E-state index contributed by atoms with van der Waals surface area (Å²) in [6.07, 6.45) is 1.49. The molecular weight excluding hydrogens is 302 g/mol. The molecule has 0 spiro atoms. The molecule has 4 nitrogen and oxygen atoms in total. The Morgan fingerprint density at radius 1 is 1.41 bits per heavy atom. The van der Waals surface area contributed by atoms with Gasteiger partial charge in [-0.05, 0) is 24.3 Å². The Kier molecular flexibility index (Phi) is 3.96. The number of nitrogens with zero attached hydrogens (tertiary/aromatic N) is 3. The number of carbonyl (C=O) groups excluding carboxylic acids is 1. The number of hydrogen-bond donors (Lipinski definition) is 0. The Labute approximate surface area is 112 Å². The van der Waals surface area contributed by atoms with Crippen LogP contribution >= 0.6 is 27.7 Å². The summed E-state index contributed by atoms with van der Waals surface area (Å²) in [4.78, 5) is 12.9. The Morgan fingerprint density at radius 3 is 2.71 bits per heavy atom. The second kappa shape index (κ2) is 5.46. The summed E-state index contributed by atoms with van der Waals surface area (Å²) in [6, 6.07) is 7.87. The van der Waals surface area contributed by atoms with Crippen LogP contribution in [0.25, 0.3) is 0 Å². The Morgan fingerprint density at radius 2 is 2.12 bits per heavy atom. The fraction of sp³-hybridized carbons (Fsp3) is 0.182. The van der Waals surface area contributed by atoms with E-state index in [0.717, 1.165) is 9.37 Å². The maximum absolute atomic E-state index is 11.8. The molecule has 0 aliphatic heterocycles. The van der Waals surface area contributed by atoms with Crippen LogP contribution < -0.4 is 0 Å². The zero-order chi connectivity index (χ0) is 12.3.